The minimum atomic E-state index is -4.62. The molecule has 0 saturated carbocycles. The molecule has 1 N–H and O–H groups in total. The molecule has 3 aromatic heterocycles. The third kappa shape index (κ3) is 4.68. The van der Waals surface area contributed by atoms with Crippen molar-refractivity contribution in [3.63, 3.8) is 0 Å². The number of hydrogen-bond donors (Lipinski definition) is 1. The molecule has 4 rings (SSSR count). The zero-order valence-electron chi connectivity index (χ0n) is 16.8. The van der Waals surface area contributed by atoms with Gasteiger partial charge in [-0.2, -0.15) is 18.3 Å². The lowest BCUT2D eigenvalue weighted by Gasteiger charge is -2.34. The van der Waals surface area contributed by atoms with Crippen LogP contribution < -0.4 is 15.2 Å². The van der Waals surface area contributed by atoms with Gasteiger partial charge in [0.05, 0.1) is 23.7 Å². The summed E-state index contributed by atoms with van der Waals surface area (Å²) in [4.78, 5) is 20.4. The van der Waals surface area contributed by atoms with Crippen molar-refractivity contribution in [3.05, 3.63) is 46.6 Å². The Morgan fingerprint density at radius 3 is 2.88 bits per heavy atom. The third-order valence-electron chi connectivity index (χ3n) is 5.32. The largest absolute Gasteiger partial charge is 0.491 e. The van der Waals surface area contributed by atoms with Crippen molar-refractivity contribution in [2.75, 3.05) is 24.6 Å². The normalized spacial score (nSPS) is 17.3. The Bertz CT molecular complexity index is 1140. The maximum atomic E-state index is 13.1. The molecule has 0 bridgehead atoms. The second kappa shape index (κ2) is 8.75. The lowest BCUT2D eigenvalue weighted by atomic mass is 9.99. The van der Waals surface area contributed by atoms with E-state index in [4.69, 9.17) is 4.74 Å². The molecule has 1 atom stereocenters. The van der Waals surface area contributed by atoms with E-state index in [2.05, 4.69) is 15.1 Å². The zero-order valence-corrected chi connectivity index (χ0v) is 16.8. The molecule has 0 amide bonds. The molecule has 1 aliphatic heterocycles. The number of pyridine rings is 2. The van der Waals surface area contributed by atoms with Crippen LogP contribution in [0.1, 0.15) is 18.5 Å². The minimum Gasteiger partial charge on any atom is -0.491 e. The standard InChI is InChI=1S/C20H20F5N5O2/c21-16(22)10-30-14-7-17(28-19(31)13(14)8-27-30)29-6-2-3-12(9-29)11-32-15-4-1-5-26-18(15)20(23,24)25/h1,4-5,7-8,12,16H,2-3,6,9-11H2,(H,28,31). The molecule has 1 unspecified atom stereocenters. The predicted octanol–water partition coefficient (Wildman–Crippen LogP) is 3.70. The van der Waals surface area contributed by atoms with Gasteiger partial charge in [0.25, 0.3) is 12.0 Å². The summed E-state index contributed by atoms with van der Waals surface area (Å²) in [5.74, 6) is 0.0126. The highest BCUT2D eigenvalue weighted by Crippen LogP contribution is 2.34. The lowest BCUT2D eigenvalue weighted by Crippen LogP contribution is -2.39. The van der Waals surface area contributed by atoms with Gasteiger partial charge in [-0.3, -0.25) is 9.48 Å². The molecule has 4 heterocycles. The van der Waals surface area contributed by atoms with Crippen LogP contribution in [0.4, 0.5) is 27.8 Å². The van der Waals surface area contributed by atoms with Gasteiger partial charge in [-0.05, 0) is 25.0 Å². The molecule has 1 aliphatic rings. The number of aromatic amines is 1. The molecule has 1 saturated heterocycles. The summed E-state index contributed by atoms with van der Waals surface area (Å²) in [6, 6.07) is 4.20. The molecule has 32 heavy (non-hydrogen) atoms. The average molecular weight is 457 g/mol. The second-order valence-corrected chi connectivity index (χ2v) is 7.61. The van der Waals surface area contributed by atoms with Crippen molar-refractivity contribution in [2.45, 2.75) is 32.0 Å². The number of fused-ring (bicyclic) bond motifs is 1. The fourth-order valence-electron chi connectivity index (χ4n) is 3.87. The fourth-order valence-corrected chi connectivity index (χ4v) is 3.87. The van der Waals surface area contributed by atoms with Gasteiger partial charge in [-0.15, -0.1) is 0 Å². The lowest BCUT2D eigenvalue weighted by molar-refractivity contribution is -0.142. The first-order chi connectivity index (χ1) is 15.2. The Labute approximate surface area is 178 Å². The van der Waals surface area contributed by atoms with Gasteiger partial charge < -0.3 is 14.6 Å². The first kappa shape index (κ1) is 22.0. The van der Waals surface area contributed by atoms with Gasteiger partial charge in [-0.1, -0.05) is 0 Å². The molecule has 0 aliphatic carbocycles. The molecule has 3 aromatic rings. The Balaban J connectivity index is 1.50. The van der Waals surface area contributed by atoms with Crippen molar-refractivity contribution in [1.82, 2.24) is 19.7 Å². The Hall–Kier alpha value is -3.18. The highest BCUT2D eigenvalue weighted by atomic mass is 19.4. The van der Waals surface area contributed by atoms with E-state index in [9.17, 15) is 26.7 Å². The van der Waals surface area contributed by atoms with Crippen molar-refractivity contribution in [3.8, 4) is 5.75 Å². The number of alkyl halides is 5. The number of aromatic nitrogens is 4. The summed E-state index contributed by atoms with van der Waals surface area (Å²) < 4.78 is 71.5. The van der Waals surface area contributed by atoms with Crippen LogP contribution in [0, 0.1) is 5.92 Å². The van der Waals surface area contributed by atoms with Crippen LogP contribution in [0.5, 0.6) is 5.75 Å². The summed E-state index contributed by atoms with van der Waals surface area (Å²) in [6.45, 7) is 0.435. The Kier molecular flexibility index (Phi) is 6.02. The van der Waals surface area contributed by atoms with Gasteiger partial charge in [0, 0.05) is 31.3 Å². The number of rotatable bonds is 6. The number of halogens is 5. The van der Waals surface area contributed by atoms with Gasteiger partial charge in [0.1, 0.15) is 18.1 Å². The van der Waals surface area contributed by atoms with E-state index < -0.39 is 30.4 Å². The van der Waals surface area contributed by atoms with Crippen molar-refractivity contribution >= 4 is 16.7 Å². The first-order valence-corrected chi connectivity index (χ1v) is 9.99. The van der Waals surface area contributed by atoms with E-state index in [-0.39, 0.29) is 23.7 Å². The Morgan fingerprint density at radius 1 is 1.31 bits per heavy atom. The van der Waals surface area contributed by atoms with Gasteiger partial charge in [0.2, 0.25) is 0 Å². The highest BCUT2D eigenvalue weighted by molar-refractivity contribution is 5.80. The second-order valence-electron chi connectivity index (χ2n) is 7.61. The van der Waals surface area contributed by atoms with Crippen LogP contribution in [-0.2, 0) is 12.7 Å². The number of hydrogen-bond acceptors (Lipinski definition) is 5. The van der Waals surface area contributed by atoms with E-state index in [1.54, 1.807) is 6.07 Å². The molecule has 7 nitrogen and oxygen atoms in total. The summed E-state index contributed by atoms with van der Waals surface area (Å²) in [5, 5.41) is 4.08. The topological polar surface area (TPSA) is 76.0 Å². The van der Waals surface area contributed by atoms with Crippen LogP contribution >= 0.6 is 0 Å². The van der Waals surface area contributed by atoms with E-state index in [0.29, 0.717) is 24.4 Å². The average Bonchev–Trinajstić information content (AvgIpc) is 3.14. The van der Waals surface area contributed by atoms with Crippen LogP contribution in [0.25, 0.3) is 10.9 Å². The smallest absolute Gasteiger partial charge is 0.437 e. The number of piperidine rings is 1. The van der Waals surface area contributed by atoms with E-state index in [0.717, 1.165) is 23.7 Å². The van der Waals surface area contributed by atoms with Crippen LogP contribution in [-0.4, -0.2) is 45.9 Å². The van der Waals surface area contributed by atoms with E-state index >= 15 is 0 Å². The molecular formula is C20H20F5N5O2. The summed E-state index contributed by atoms with van der Waals surface area (Å²) >= 11 is 0. The van der Waals surface area contributed by atoms with Crippen molar-refractivity contribution < 1.29 is 26.7 Å². The van der Waals surface area contributed by atoms with Crippen LogP contribution in [0.15, 0.2) is 35.4 Å². The third-order valence-corrected chi connectivity index (χ3v) is 5.32. The van der Waals surface area contributed by atoms with Crippen molar-refractivity contribution in [1.29, 1.82) is 0 Å². The minimum absolute atomic E-state index is 0.0427. The number of ether oxygens (including phenoxy) is 1. The maximum absolute atomic E-state index is 13.1. The molecule has 0 aromatic carbocycles. The number of nitrogens with one attached hydrogen (secondary N) is 1. The first-order valence-electron chi connectivity index (χ1n) is 9.99. The van der Waals surface area contributed by atoms with E-state index in [1.807, 2.05) is 4.90 Å². The van der Waals surface area contributed by atoms with Crippen LogP contribution in [0.3, 0.4) is 0 Å². The molecule has 0 spiro atoms. The summed E-state index contributed by atoms with van der Waals surface area (Å²) in [7, 11) is 0. The zero-order chi connectivity index (χ0) is 22.9. The number of anilines is 1. The maximum Gasteiger partial charge on any atom is 0.437 e. The number of H-pyrrole nitrogens is 1. The molecule has 12 heteroatoms. The van der Waals surface area contributed by atoms with E-state index in [1.165, 1.54) is 18.3 Å². The monoisotopic (exact) mass is 457 g/mol. The highest BCUT2D eigenvalue weighted by Gasteiger charge is 2.36. The van der Waals surface area contributed by atoms with Gasteiger partial charge >= 0.3 is 6.18 Å². The SMILES string of the molecule is O=c1[nH]c(N2CCCC(COc3cccnc3C(F)(F)F)C2)cc2c1cnn2CC(F)F. The summed E-state index contributed by atoms with van der Waals surface area (Å²) in [6.07, 6.45) is -3.47. The summed E-state index contributed by atoms with van der Waals surface area (Å²) in [5.41, 5.74) is -1.22. The quantitative estimate of drug-likeness (QED) is 0.572. The van der Waals surface area contributed by atoms with Gasteiger partial charge in [-0.25, -0.2) is 13.8 Å². The van der Waals surface area contributed by atoms with Crippen LogP contribution in [0.2, 0.25) is 0 Å². The van der Waals surface area contributed by atoms with Crippen molar-refractivity contribution in [2.24, 2.45) is 5.92 Å². The molecule has 1 fully saturated rings. The number of nitrogens with zero attached hydrogens (tertiary/aromatic N) is 4. The molecule has 172 valence electrons. The van der Waals surface area contributed by atoms with Gasteiger partial charge in [0.15, 0.2) is 5.69 Å². The predicted molar refractivity (Wildman–Crippen MR) is 106 cm³/mol. The Morgan fingerprint density at radius 2 is 2.12 bits per heavy atom. The molecule has 0 radical (unpaired) electrons. The fraction of sp³-hybridized carbons (Fsp3) is 0.450. The molecular weight excluding hydrogens is 437 g/mol.